The molecule has 1 heterocycles. The van der Waals surface area contributed by atoms with Crippen LogP contribution in [0.1, 0.15) is 24.2 Å². The minimum Gasteiger partial charge on any atom is -0.298 e. The Kier molecular flexibility index (Phi) is 3.00. The molecule has 1 fully saturated rings. The number of nitrogens with one attached hydrogen (secondary N) is 2. The van der Waals surface area contributed by atoms with Gasteiger partial charge >= 0.3 is 0 Å². The van der Waals surface area contributed by atoms with Gasteiger partial charge in [-0.2, -0.15) is 5.26 Å². The van der Waals surface area contributed by atoms with Crippen LogP contribution in [0, 0.1) is 17.2 Å². The molecule has 0 saturated carbocycles. The molecule has 78 valence electrons. The van der Waals surface area contributed by atoms with Crippen molar-refractivity contribution in [3.05, 3.63) is 35.4 Å². The summed E-state index contributed by atoms with van der Waals surface area (Å²) in [4.78, 5) is 0. The first-order chi connectivity index (χ1) is 7.29. The van der Waals surface area contributed by atoms with E-state index in [1.807, 2.05) is 24.3 Å². The molecule has 2 rings (SSSR count). The third-order valence-electron chi connectivity index (χ3n) is 2.71. The summed E-state index contributed by atoms with van der Waals surface area (Å²) in [6, 6.07) is 9.84. The third kappa shape index (κ3) is 2.35. The highest BCUT2D eigenvalue weighted by atomic mass is 15.1. The Hall–Kier alpha value is -1.37. The predicted molar refractivity (Wildman–Crippen MR) is 59.1 cm³/mol. The van der Waals surface area contributed by atoms with Crippen molar-refractivity contribution in [2.45, 2.75) is 13.1 Å². The molecule has 0 aliphatic carbocycles. The number of hydrogen-bond acceptors (Lipinski definition) is 3. The van der Waals surface area contributed by atoms with Gasteiger partial charge in [0.15, 0.2) is 0 Å². The number of rotatable bonds is 1. The summed E-state index contributed by atoms with van der Waals surface area (Å²) in [5.74, 6) is 0.680. The average Bonchev–Trinajstić information content (AvgIpc) is 2.30. The summed E-state index contributed by atoms with van der Waals surface area (Å²) in [7, 11) is 0. The first-order valence-corrected chi connectivity index (χ1v) is 5.26. The summed E-state index contributed by atoms with van der Waals surface area (Å²) >= 11 is 0. The van der Waals surface area contributed by atoms with Crippen LogP contribution in [0.25, 0.3) is 0 Å². The van der Waals surface area contributed by atoms with Crippen LogP contribution >= 0.6 is 0 Å². The molecule has 0 aromatic heterocycles. The second-order valence-electron chi connectivity index (χ2n) is 4.09. The Labute approximate surface area is 90.1 Å². The number of benzene rings is 1. The SMILES string of the molecule is CC1CNC(c2ccc(C#N)cc2)NC1. The van der Waals surface area contributed by atoms with Crippen LogP contribution in [0.2, 0.25) is 0 Å². The van der Waals surface area contributed by atoms with E-state index in [9.17, 15) is 0 Å². The Balaban J connectivity index is 2.07. The van der Waals surface area contributed by atoms with E-state index in [0.29, 0.717) is 11.5 Å². The minimum atomic E-state index is 0.231. The topological polar surface area (TPSA) is 47.9 Å². The molecular weight excluding hydrogens is 186 g/mol. The Morgan fingerprint density at radius 2 is 1.80 bits per heavy atom. The molecule has 1 saturated heterocycles. The van der Waals surface area contributed by atoms with E-state index in [1.165, 1.54) is 5.56 Å². The lowest BCUT2D eigenvalue weighted by atomic mass is 10.1. The third-order valence-corrected chi connectivity index (χ3v) is 2.71. The molecule has 0 atom stereocenters. The fraction of sp³-hybridized carbons (Fsp3) is 0.417. The molecule has 3 nitrogen and oxygen atoms in total. The molecule has 0 amide bonds. The zero-order chi connectivity index (χ0) is 10.7. The van der Waals surface area contributed by atoms with Crippen LogP contribution in [-0.2, 0) is 0 Å². The number of nitrogens with zero attached hydrogens (tertiary/aromatic N) is 1. The van der Waals surface area contributed by atoms with Crippen molar-refractivity contribution in [1.82, 2.24) is 10.6 Å². The zero-order valence-electron chi connectivity index (χ0n) is 8.83. The largest absolute Gasteiger partial charge is 0.298 e. The van der Waals surface area contributed by atoms with Gasteiger partial charge in [0.05, 0.1) is 17.8 Å². The number of hydrogen-bond donors (Lipinski definition) is 2. The smallest absolute Gasteiger partial charge is 0.0991 e. The summed E-state index contributed by atoms with van der Waals surface area (Å²) in [5.41, 5.74) is 1.91. The van der Waals surface area contributed by atoms with E-state index >= 15 is 0 Å². The molecule has 2 N–H and O–H groups in total. The van der Waals surface area contributed by atoms with Crippen LogP contribution in [0.3, 0.4) is 0 Å². The van der Waals surface area contributed by atoms with E-state index < -0.39 is 0 Å². The van der Waals surface area contributed by atoms with E-state index in [4.69, 9.17) is 5.26 Å². The maximum absolute atomic E-state index is 8.69. The maximum atomic E-state index is 8.69. The van der Waals surface area contributed by atoms with Crippen molar-refractivity contribution in [2.24, 2.45) is 5.92 Å². The van der Waals surface area contributed by atoms with Crippen molar-refractivity contribution < 1.29 is 0 Å². The fourth-order valence-corrected chi connectivity index (χ4v) is 1.77. The second kappa shape index (κ2) is 4.43. The van der Waals surface area contributed by atoms with E-state index in [0.717, 1.165) is 13.1 Å². The Bertz CT molecular complexity index is 355. The van der Waals surface area contributed by atoms with Crippen LogP contribution in [-0.4, -0.2) is 13.1 Å². The molecule has 0 radical (unpaired) electrons. The van der Waals surface area contributed by atoms with Crippen LogP contribution in [0.5, 0.6) is 0 Å². The molecule has 0 unspecified atom stereocenters. The molecular formula is C12H15N3. The number of nitriles is 1. The van der Waals surface area contributed by atoms with E-state index in [2.05, 4.69) is 23.6 Å². The normalized spacial score (nSPS) is 25.9. The van der Waals surface area contributed by atoms with Gasteiger partial charge in [0.2, 0.25) is 0 Å². The highest BCUT2D eigenvalue weighted by Gasteiger charge is 2.17. The Morgan fingerprint density at radius 1 is 1.20 bits per heavy atom. The van der Waals surface area contributed by atoms with Gasteiger partial charge in [0.25, 0.3) is 0 Å². The monoisotopic (exact) mass is 201 g/mol. The summed E-state index contributed by atoms with van der Waals surface area (Å²) < 4.78 is 0. The van der Waals surface area contributed by atoms with E-state index in [1.54, 1.807) is 0 Å². The highest BCUT2D eigenvalue weighted by molar-refractivity contribution is 5.32. The van der Waals surface area contributed by atoms with Crippen molar-refractivity contribution in [3.8, 4) is 6.07 Å². The maximum Gasteiger partial charge on any atom is 0.0991 e. The molecule has 1 aromatic rings. The van der Waals surface area contributed by atoms with Crippen molar-refractivity contribution >= 4 is 0 Å². The predicted octanol–water partition coefficient (Wildman–Crippen LogP) is 1.39. The molecule has 1 aromatic carbocycles. The first kappa shape index (κ1) is 10.2. The van der Waals surface area contributed by atoms with Gasteiger partial charge in [-0.3, -0.25) is 10.6 Å². The van der Waals surface area contributed by atoms with Gasteiger partial charge in [-0.25, -0.2) is 0 Å². The quantitative estimate of drug-likeness (QED) is 0.721. The van der Waals surface area contributed by atoms with Crippen molar-refractivity contribution in [2.75, 3.05) is 13.1 Å². The van der Waals surface area contributed by atoms with Gasteiger partial charge in [0.1, 0.15) is 0 Å². The second-order valence-corrected chi connectivity index (χ2v) is 4.09. The summed E-state index contributed by atoms with van der Waals surface area (Å²) in [6.07, 6.45) is 0.231. The van der Waals surface area contributed by atoms with Gasteiger partial charge in [-0.15, -0.1) is 0 Å². The van der Waals surface area contributed by atoms with Crippen LogP contribution < -0.4 is 10.6 Å². The summed E-state index contributed by atoms with van der Waals surface area (Å²) in [6.45, 7) is 4.30. The van der Waals surface area contributed by atoms with Crippen LogP contribution in [0.4, 0.5) is 0 Å². The molecule has 1 aliphatic heterocycles. The Morgan fingerprint density at radius 3 is 2.33 bits per heavy atom. The van der Waals surface area contributed by atoms with E-state index in [-0.39, 0.29) is 6.17 Å². The van der Waals surface area contributed by atoms with Gasteiger partial charge < -0.3 is 0 Å². The van der Waals surface area contributed by atoms with Gasteiger partial charge in [-0.05, 0) is 23.6 Å². The lowest BCUT2D eigenvalue weighted by Gasteiger charge is -2.29. The average molecular weight is 201 g/mol. The lowest BCUT2D eigenvalue weighted by Crippen LogP contribution is -2.45. The molecule has 3 heteroatoms. The minimum absolute atomic E-state index is 0.231. The lowest BCUT2D eigenvalue weighted by molar-refractivity contribution is 0.314. The fourth-order valence-electron chi connectivity index (χ4n) is 1.77. The zero-order valence-corrected chi connectivity index (χ0v) is 8.83. The first-order valence-electron chi connectivity index (χ1n) is 5.26. The molecule has 1 aliphatic rings. The highest BCUT2D eigenvalue weighted by Crippen LogP contribution is 2.14. The van der Waals surface area contributed by atoms with Crippen molar-refractivity contribution in [3.63, 3.8) is 0 Å². The molecule has 0 spiro atoms. The molecule has 0 bridgehead atoms. The molecule has 15 heavy (non-hydrogen) atoms. The van der Waals surface area contributed by atoms with Gasteiger partial charge in [0, 0.05) is 13.1 Å². The van der Waals surface area contributed by atoms with Gasteiger partial charge in [-0.1, -0.05) is 19.1 Å². The van der Waals surface area contributed by atoms with Crippen LogP contribution in [0.15, 0.2) is 24.3 Å². The standard InChI is InChI=1S/C12H15N3/c1-9-7-14-12(15-8-9)11-4-2-10(6-13)3-5-11/h2-5,9,12,14-15H,7-8H2,1H3. The van der Waals surface area contributed by atoms with Crippen molar-refractivity contribution in [1.29, 1.82) is 5.26 Å². The summed E-state index contributed by atoms with van der Waals surface area (Å²) in [5, 5.41) is 15.5.